The van der Waals surface area contributed by atoms with E-state index in [1.807, 2.05) is 35.2 Å². The number of benzene rings is 2. The summed E-state index contributed by atoms with van der Waals surface area (Å²) >= 11 is 0. The Bertz CT molecular complexity index is 812. The first-order valence-corrected chi connectivity index (χ1v) is 10.8. The van der Waals surface area contributed by atoms with Crippen molar-refractivity contribution in [2.24, 2.45) is 5.92 Å². The second-order valence-electron chi connectivity index (χ2n) is 8.28. The van der Waals surface area contributed by atoms with E-state index in [1.54, 1.807) is 12.1 Å². The highest BCUT2D eigenvalue weighted by atomic mass is 19.1. The van der Waals surface area contributed by atoms with Crippen molar-refractivity contribution >= 4 is 11.7 Å². The number of likely N-dealkylation sites (tertiary alicyclic amines) is 2. The molecule has 2 aromatic rings. The third kappa shape index (κ3) is 5.15. The quantitative estimate of drug-likeness (QED) is 0.770. The molecule has 29 heavy (non-hydrogen) atoms. The van der Waals surface area contributed by atoms with Crippen LogP contribution in [0.25, 0.3) is 11.1 Å². The predicted molar refractivity (Wildman–Crippen MR) is 115 cm³/mol. The Morgan fingerprint density at radius 2 is 1.69 bits per heavy atom. The van der Waals surface area contributed by atoms with E-state index < -0.39 is 0 Å². The Morgan fingerprint density at radius 3 is 2.38 bits per heavy atom. The van der Waals surface area contributed by atoms with Gasteiger partial charge >= 0.3 is 6.03 Å². The molecule has 5 heteroatoms. The summed E-state index contributed by atoms with van der Waals surface area (Å²) in [5, 5.41) is 2.86. The molecule has 154 valence electrons. The van der Waals surface area contributed by atoms with Crippen LogP contribution >= 0.6 is 0 Å². The minimum absolute atomic E-state index is 0.131. The molecule has 0 saturated carbocycles. The molecule has 0 unspecified atom stereocenters. The molecule has 0 bridgehead atoms. The van der Waals surface area contributed by atoms with Crippen LogP contribution in [-0.4, -0.2) is 48.6 Å². The number of piperidine rings is 2. The van der Waals surface area contributed by atoms with Gasteiger partial charge in [-0.2, -0.15) is 0 Å². The maximum Gasteiger partial charge on any atom is 0.321 e. The third-order valence-corrected chi connectivity index (χ3v) is 6.17. The lowest BCUT2D eigenvalue weighted by Crippen LogP contribution is -2.44. The Morgan fingerprint density at radius 1 is 0.966 bits per heavy atom. The maximum absolute atomic E-state index is 14.5. The van der Waals surface area contributed by atoms with Crippen LogP contribution in [0.1, 0.15) is 32.1 Å². The molecule has 4 rings (SSSR count). The first-order chi connectivity index (χ1) is 14.2. The van der Waals surface area contributed by atoms with E-state index in [4.69, 9.17) is 0 Å². The molecule has 2 fully saturated rings. The summed E-state index contributed by atoms with van der Waals surface area (Å²) in [7, 11) is 0. The van der Waals surface area contributed by atoms with Crippen molar-refractivity contribution in [1.29, 1.82) is 0 Å². The molecule has 0 atom stereocenters. The van der Waals surface area contributed by atoms with E-state index in [2.05, 4.69) is 10.2 Å². The van der Waals surface area contributed by atoms with Gasteiger partial charge in [0.05, 0.1) is 0 Å². The summed E-state index contributed by atoms with van der Waals surface area (Å²) < 4.78 is 14.5. The van der Waals surface area contributed by atoms with E-state index in [1.165, 1.54) is 45.0 Å². The van der Waals surface area contributed by atoms with Crippen LogP contribution in [-0.2, 0) is 0 Å². The van der Waals surface area contributed by atoms with Crippen LogP contribution < -0.4 is 5.32 Å². The predicted octanol–water partition coefficient (Wildman–Crippen LogP) is 5.22. The molecule has 2 saturated heterocycles. The average Bonchev–Trinajstić information content (AvgIpc) is 2.76. The Labute approximate surface area is 172 Å². The molecular formula is C24H30FN3O. The van der Waals surface area contributed by atoms with Gasteiger partial charge < -0.3 is 15.1 Å². The van der Waals surface area contributed by atoms with Crippen LogP contribution in [0.4, 0.5) is 14.9 Å². The lowest BCUT2D eigenvalue weighted by Gasteiger charge is -2.36. The number of rotatable bonds is 4. The lowest BCUT2D eigenvalue weighted by atomic mass is 9.95. The fourth-order valence-electron chi connectivity index (χ4n) is 4.47. The summed E-state index contributed by atoms with van der Waals surface area (Å²) in [6.45, 7) is 5.17. The van der Waals surface area contributed by atoms with Gasteiger partial charge in [0.1, 0.15) is 5.82 Å². The molecule has 2 amide bonds. The van der Waals surface area contributed by atoms with Gasteiger partial charge in [-0.3, -0.25) is 0 Å². The normalized spacial score (nSPS) is 18.6. The SMILES string of the molecule is O=C(Nc1ccc(-c2ccccc2)c(F)c1)N1CCC(CN2CCCCC2)CC1. The minimum atomic E-state index is -0.325. The van der Waals surface area contributed by atoms with Crippen LogP contribution in [0.2, 0.25) is 0 Å². The molecule has 2 aliphatic rings. The molecular weight excluding hydrogens is 365 g/mol. The average molecular weight is 396 g/mol. The smallest absolute Gasteiger partial charge is 0.321 e. The number of carbonyl (C=O) groups excluding carboxylic acids is 1. The molecule has 1 N–H and O–H groups in total. The second-order valence-corrected chi connectivity index (χ2v) is 8.28. The number of urea groups is 1. The number of carbonyl (C=O) groups is 1. The van der Waals surface area contributed by atoms with Crippen molar-refractivity contribution < 1.29 is 9.18 Å². The summed E-state index contributed by atoms with van der Waals surface area (Å²) in [4.78, 5) is 17.1. The topological polar surface area (TPSA) is 35.6 Å². The van der Waals surface area contributed by atoms with Gasteiger partial charge in [0, 0.05) is 30.9 Å². The van der Waals surface area contributed by atoms with E-state index >= 15 is 0 Å². The zero-order valence-corrected chi connectivity index (χ0v) is 16.9. The summed E-state index contributed by atoms with van der Waals surface area (Å²) in [5.41, 5.74) is 1.88. The highest BCUT2D eigenvalue weighted by Gasteiger charge is 2.25. The molecule has 2 aromatic carbocycles. The van der Waals surface area contributed by atoms with Crippen molar-refractivity contribution in [3.8, 4) is 11.1 Å². The first kappa shape index (κ1) is 19.9. The summed E-state index contributed by atoms with van der Waals surface area (Å²) in [5.74, 6) is 0.356. The standard InChI is InChI=1S/C24H30FN3O/c25-23-17-21(9-10-22(23)20-7-3-1-4-8-20)26-24(29)28-15-11-19(12-16-28)18-27-13-5-2-6-14-27/h1,3-4,7-10,17,19H,2,5-6,11-16,18H2,(H,26,29). The molecule has 2 aliphatic heterocycles. The number of amides is 2. The molecule has 0 aliphatic carbocycles. The van der Waals surface area contributed by atoms with Gasteiger partial charge in [-0.15, -0.1) is 0 Å². The van der Waals surface area contributed by atoms with Crippen LogP contribution in [0.3, 0.4) is 0 Å². The lowest BCUT2D eigenvalue weighted by molar-refractivity contribution is 0.142. The van der Waals surface area contributed by atoms with Gasteiger partial charge in [0.15, 0.2) is 0 Å². The molecule has 0 radical (unpaired) electrons. The van der Waals surface area contributed by atoms with Gasteiger partial charge in [-0.05, 0) is 68.5 Å². The number of halogens is 1. The van der Waals surface area contributed by atoms with Crippen LogP contribution in [0.15, 0.2) is 48.5 Å². The Kier molecular flexibility index (Phi) is 6.45. The highest BCUT2D eigenvalue weighted by molar-refractivity contribution is 5.89. The van der Waals surface area contributed by atoms with Crippen LogP contribution in [0, 0.1) is 11.7 Å². The number of hydrogen-bond acceptors (Lipinski definition) is 2. The van der Waals surface area contributed by atoms with Gasteiger partial charge in [0.2, 0.25) is 0 Å². The fraction of sp³-hybridized carbons (Fsp3) is 0.458. The van der Waals surface area contributed by atoms with E-state index in [-0.39, 0.29) is 11.8 Å². The summed E-state index contributed by atoms with van der Waals surface area (Å²) in [6, 6.07) is 14.2. The van der Waals surface area contributed by atoms with Crippen LogP contribution in [0.5, 0.6) is 0 Å². The van der Waals surface area contributed by atoms with Crippen molar-refractivity contribution in [3.63, 3.8) is 0 Å². The van der Waals surface area contributed by atoms with Crippen molar-refractivity contribution in [2.75, 3.05) is 38.0 Å². The van der Waals surface area contributed by atoms with Crippen molar-refractivity contribution in [3.05, 3.63) is 54.3 Å². The van der Waals surface area contributed by atoms with E-state index in [9.17, 15) is 9.18 Å². The molecule has 0 spiro atoms. The Balaban J connectivity index is 1.29. The van der Waals surface area contributed by atoms with E-state index in [0.29, 0.717) is 17.2 Å². The third-order valence-electron chi connectivity index (χ3n) is 6.17. The molecule has 4 nitrogen and oxygen atoms in total. The maximum atomic E-state index is 14.5. The fourth-order valence-corrected chi connectivity index (χ4v) is 4.47. The van der Waals surface area contributed by atoms with Gasteiger partial charge in [-0.1, -0.05) is 36.8 Å². The van der Waals surface area contributed by atoms with Crippen molar-refractivity contribution in [1.82, 2.24) is 9.80 Å². The number of hydrogen-bond donors (Lipinski definition) is 1. The number of nitrogens with zero attached hydrogens (tertiary/aromatic N) is 2. The largest absolute Gasteiger partial charge is 0.325 e. The number of nitrogens with one attached hydrogen (secondary N) is 1. The monoisotopic (exact) mass is 395 g/mol. The van der Waals surface area contributed by atoms with Crippen molar-refractivity contribution in [2.45, 2.75) is 32.1 Å². The second kappa shape index (κ2) is 9.40. The van der Waals surface area contributed by atoms with Gasteiger partial charge in [0.25, 0.3) is 0 Å². The highest BCUT2D eigenvalue weighted by Crippen LogP contribution is 2.26. The van der Waals surface area contributed by atoms with Gasteiger partial charge in [-0.25, -0.2) is 9.18 Å². The molecule has 0 aromatic heterocycles. The minimum Gasteiger partial charge on any atom is -0.325 e. The number of anilines is 1. The van der Waals surface area contributed by atoms with E-state index in [0.717, 1.165) is 31.5 Å². The first-order valence-electron chi connectivity index (χ1n) is 10.8. The zero-order chi connectivity index (χ0) is 20.1. The molecule has 2 heterocycles. The Hall–Kier alpha value is -2.40. The zero-order valence-electron chi connectivity index (χ0n) is 16.9. The summed E-state index contributed by atoms with van der Waals surface area (Å²) in [6.07, 6.45) is 6.10.